The lowest BCUT2D eigenvalue weighted by Gasteiger charge is -2.22. The van der Waals surface area contributed by atoms with Crippen molar-refractivity contribution >= 4 is 5.69 Å². The van der Waals surface area contributed by atoms with E-state index in [1.807, 2.05) is 18.3 Å². The predicted molar refractivity (Wildman–Crippen MR) is 103 cm³/mol. The zero-order chi connectivity index (χ0) is 18.1. The second-order valence-corrected chi connectivity index (χ2v) is 7.47. The number of nitrogens with one attached hydrogen (secondary N) is 1. The van der Waals surface area contributed by atoms with Gasteiger partial charge in [0.2, 0.25) is 5.88 Å². The van der Waals surface area contributed by atoms with Crippen molar-refractivity contribution in [3.63, 3.8) is 0 Å². The van der Waals surface area contributed by atoms with Crippen LogP contribution in [0.2, 0.25) is 0 Å². The van der Waals surface area contributed by atoms with E-state index < -0.39 is 0 Å². The normalized spacial score (nSPS) is 24.7. The smallest absolute Gasteiger partial charge is 0.219 e. The van der Waals surface area contributed by atoms with E-state index >= 15 is 0 Å². The van der Waals surface area contributed by atoms with Crippen LogP contribution >= 0.6 is 0 Å². The van der Waals surface area contributed by atoms with Gasteiger partial charge in [-0.1, -0.05) is 19.9 Å². The van der Waals surface area contributed by atoms with Gasteiger partial charge in [0.1, 0.15) is 5.75 Å². The van der Waals surface area contributed by atoms with Crippen LogP contribution in [0.15, 0.2) is 36.5 Å². The summed E-state index contributed by atoms with van der Waals surface area (Å²) < 4.78 is 11.8. The lowest BCUT2D eigenvalue weighted by molar-refractivity contribution is 0.0636. The lowest BCUT2D eigenvalue weighted by atomic mass is 10.0. The van der Waals surface area contributed by atoms with E-state index in [9.17, 15) is 0 Å². The molecule has 4 rings (SSSR count). The zero-order valence-electron chi connectivity index (χ0n) is 15.8. The number of pyridine rings is 1. The molecule has 1 saturated heterocycles. The first-order valence-electron chi connectivity index (χ1n) is 9.48. The Bertz CT molecular complexity index is 777. The molecule has 1 N–H and O–H groups in total. The highest BCUT2D eigenvalue weighted by molar-refractivity contribution is 5.48. The Morgan fingerprint density at radius 2 is 2.19 bits per heavy atom. The van der Waals surface area contributed by atoms with Crippen LogP contribution in [0.5, 0.6) is 11.6 Å². The molecule has 0 aliphatic carbocycles. The summed E-state index contributed by atoms with van der Waals surface area (Å²) in [5.41, 5.74) is 3.80. The minimum Gasteiger partial charge on any atom is -0.439 e. The van der Waals surface area contributed by atoms with Crippen LogP contribution in [-0.2, 0) is 11.3 Å². The van der Waals surface area contributed by atoms with Crippen LogP contribution < -0.4 is 15.0 Å². The molecule has 2 aromatic rings. The maximum absolute atomic E-state index is 5.98. The summed E-state index contributed by atoms with van der Waals surface area (Å²) in [7, 11) is 0. The third kappa shape index (κ3) is 3.29. The second kappa shape index (κ2) is 6.89. The fourth-order valence-corrected chi connectivity index (χ4v) is 3.66. The summed E-state index contributed by atoms with van der Waals surface area (Å²) in [6.45, 7) is 9.17. The number of hydrogen-bond donors (Lipinski definition) is 1. The molecule has 26 heavy (non-hydrogen) atoms. The third-order valence-electron chi connectivity index (χ3n) is 5.60. The van der Waals surface area contributed by atoms with E-state index in [-0.39, 0.29) is 11.6 Å². The minimum atomic E-state index is 0.178. The summed E-state index contributed by atoms with van der Waals surface area (Å²) in [5, 5.41) is 3.57. The van der Waals surface area contributed by atoms with Gasteiger partial charge in [-0.15, -0.1) is 0 Å². The van der Waals surface area contributed by atoms with E-state index in [4.69, 9.17) is 9.47 Å². The molecule has 1 aromatic heterocycles. The Labute approximate surface area is 155 Å². The molecule has 2 aliphatic heterocycles. The first-order chi connectivity index (χ1) is 12.6. The van der Waals surface area contributed by atoms with E-state index in [2.05, 4.69) is 54.2 Å². The molecule has 1 aromatic carbocycles. The van der Waals surface area contributed by atoms with Crippen LogP contribution in [0.4, 0.5) is 5.69 Å². The Morgan fingerprint density at radius 1 is 1.31 bits per heavy atom. The molecule has 1 fully saturated rings. The van der Waals surface area contributed by atoms with Crippen LogP contribution in [0.1, 0.15) is 50.8 Å². The van der Waals surface area contributed by atoms with Crippen LogP contribution in [0, 0.1) is 0 Å². The number of nitrogens with zero attached hydrogens (tertiary/aromatic N) is 2. The number of anilines is 1. The average molecular weight is 353 g/mol. The van der Waals surface area contributed by atoms with E-state index in [0.29, 0.717) is 12.5 Å². The molecule has 0 spiro atoms. The Morgan fingerprint density at radius 3 is 2.88 bits per heavy atom. The molecule has 5 heteroatoms. The zero-order valence-corrected chi connectivity index (χ0v) is 15.8. The van der Waals surface area contributed by atoms with Gasteiger partial charge in [-0.25, -0.2) is 4.98 Å². The Balaban J connectivity index is 1.45. The second-order valence-electron chi connectivity index (χ2n) is 7.47. The molecule has 5 nitrogen and oxygen atoms in total. The maximum Gasteiger partial charge on any atom is 0.219 e. The van der Waals surface area contributed by atoms with Crippen molar-refractivity contribution in [3.05, 3.63) is 47.7 Å². The Kier molecular flexibility index (Phi) is 4.59. The number of aromatic nitrogens is 1. The van der Waals surface area contributed by atoms with Gasteiger partial charge in [0.25, 0.3) is 0 Å². The quantitative estimate of drug-likeness (QED) is 0.864. The number of ether oxygens (including phenoxy) is 2. The van der Waals surface area contributed by atoms with Gasteiger partial charge >= 0.3 is 0 Å². The highest BCUT2D eigenvalue weighted by atomic mass is 16.5. The minimum absolute atomic E-state index is 0.178. The first-order valence-corrected chi connectivity index (χ1v) is 9.48. The van der Waals surface area contributed by atoms with Crippen molar-refractivity contribution in [2.24, 2.45) is 0 Å². The van der Waals surface area contributed by atoms with Crippen LogP contribution in [0.25, 0.3) is 0 Å². The number of fused-ring (bicyclic) bond motifs is 1. The SMILES string of the molecule is CC[C@H]1OCc2ccc(Oc3ccc(N4CN[C@](C)(CC)C4)cn3)cc21. The van der Waals surface area contributed by atoms with Gasteiger partial charge in [0.05, 0.1) is 31.3 Å². The van der Waals surface area contributed by atoms with Gasteiger partial charge in [0.15, 0.2) is 0 Å². The molecular weight excluding hydrogens is 326 g/mol. The molecule has 2 atom stereocenters. The fraction of sp³-hybridized carbons (Fsp3) is 0.476. The summed E-state index contributed by atoms with van der Waals surface area (Å²) in [4.78, 5) is 6.82. The number of rotatable bonds is 5. The van der Waals surface area contributed by atoms with Crippen molar-refractivity contribution in [2.45, 2.75) is 51.9 Å². The fourth-order valence-electron chi connectivity index (χ4n) is 3.66. The maximum atomic E-state index is 5.98. The van der Waals surface area contributed by atoms with Gasteiger partial charge in [-0.05, 0) is 49.1 Å². The molecule has 0 radical (unpaired) electrons. The molecule has 138 valence electrons. The van der Waals surface area contributed by atoms with Crippen molar-refractivity contribution in [3.8, 4) is 11.6 Å². The van der Waals surface area contributed by atoms with E-state index in [0.717, 1.165) is 37.5 Å². The molecule has 3 heterocycles. The molecule has 0 amide bonds. The van der Waals surface area contributed by atoms with Gasteiger partial charge in [-0.2, -0.15) is 0 Å². The lowest BCUT2D eigenvalue weighted by Crippen LogP contribution is -2.38. The molecule has 0 bridgehead atoms. The summed E-state index contributed by atoms with van der Waals surface area (Å²) >= 11 is 0. The topological polar surface area (TPSA) is 46.6 Å². The number of benzene rings is 1. The molecular formula is C21H27N3O2. The average Bonchev–Trinajstić information content (AvgIpc) is 3.26. The highest BCUT2D eigenvalue weighted by Gasteiger charge is 2.31. The van der Waals surface area contributed by atoms with Gasteiger partial charge in [0, 0.05) is 18.2 Å². The van der Waals surface area contributed by atoms with Crippen molar-refractivity contribution in [1.82, 2.24) is 10.3 Å². The molecule has 0 unspecified atom stereocenters. The highest BCUT2D eigenvalue weighted by Crippen LogP contribution is 2.36. The van der Waals surface area contributed by atoms with Crippen LogP contribution in [-0.4, -0.2) is 23.7 Å². The van der Waals surface area contributed by atoms with Gasteiger partial charge in [-0.3, -0.25) is 5.32 Å². The first kappa shape index (κ1) is 17.3. The van der Waals surface area contributed by atoms with Crippen LogP contribution in [0.3, 0.4) is 0 Å². The molecule has 0 saturated carbocycles. The largest absolute Gasteiger partial charge is 0.439 e. The van der Waals surface area contributed by atoms with Crippen molar-refractivity contribution < 1.29 is 9.47 Å². The molecule has 2 aliphatic rings. The van der Waals surface area contributed by atoms with E-state index in [1.165, 1.54) is 11.1 Å². The van der Waals surface area contributed by atoms with Crippen molar-refractivity contribution in [1.29, 1.82) is 0 Å². The summed E-state index contributed by atoms with van der Waals surface area (Å²) in [6, 6.07) is 10.2. The predicted octanol–water partition coefficient (Wildman–Crippen LogP) is 4.39. The van der Waals surface area contributed by atoms with Crippen molar-refractivity contribution in [2.75, 3.05) is 18.1 Å². The summed E-state index contributed by atoms with van der Waals surface area (Å²) in [5.74, 6) is 1.43. The van der Waals surface area contributed by atoms with Gasteiger partial charge < -0.3 is 14.4 Å². The monoisotopic (exact) mass is 353 g/mol. The standard InChI is InChI=1S/C21H27N3O2/c1-4-19-18-10-17(8-6-15(18)12-25-19)26-20-9-7-16(11-22-20)24-13-21(3,5-2)23-14-24/h6-11,19,23H,4-5,12-14H2,1-3H3/t19-,21-/m1/s1. The van der Waals surface area contributed by atoms with E-state index in [1.54, 1.807) is 0 Å². The Hall–Kier alpha value is -2.11. The number of hydrogen-bond acceptors (Lipinski definition) is 5. The summed E-state index contributed by atoms with van der Waals surface area (Å²) in [6.07, 6.45) is 4.16. The third-order valence-corrected chi connectivity index (χ3v) is 5.60.